The Morgan fingerprint density at radius 2 is 1.36 bits per heavy atom. The molecule has 0 radical (unpaired) electrons. The molecule has 0 saturated carbocycles. The van der Waals surface area contributed by atoms with Crippen molar-refractivity contribution in [2.24, 2.45) is 0 Å². The average molecular weight is 351 g/mol. The van der Waals surface area contributed by atoms with Gasteiger partial charge >= 0.3 is 6.09 Å². The smallest absolute Gasteiger partial charge is 0.319 e. The molecule has 0 unspecified atom stereocenters. The van der Waals surface area contributed by atoms with E-state index in [1.165, 1.54) is 0 Å². The maximum absolute atomic E-state index is 12.7. The lowest BCUT2D eigenvalue weighted by Crippen LogP contribution is -2.31. The van der Waals surface area contributed by atoms with Crippen LogP contribution in [0.3, 0.4) is 0 Å². The molecule has 1 fully saturated rings. The zero-order valence-electron chi connectivity index (χ0n) is 13.2. The summed E-state index contributed by atoms with van der Waals surface area (Å²) in [5, 5.41) is 2.25. The second-order valence-electron chi connectivity index (χ2n) is 5.65. The largest absolute Gasteiger partial charge is 0.440 e. The fourth-order valence-corrected chi connectivity index (χ4v) is 3.04. The van der Waals surface area contributed by atoms with Crippen molar-refractivity contribution in [2.45, 2.75) is 6.17 Å². The van der Waals surface area contributed by atoms with E-state index in [0.717, 1.165) is 16.9 Å². The van der Waals surface area contributed by atoms with Crippen LogP contribution < -0.4 is 9.96 Å². The van der Waals surface area contributed by atoms with Gasteiger partial charge in [-0.25, -0.2) is 9.69 Å². The topological polar surface area (TPSA) is 32.8 Å². The molecule has 3 aromatic carbocycles. The highest BCUT2D eigenvalue weighted by Crippen LogP contribution is 2.39. The fourth-order valence-electron chi connectivity index (χ4n) is 2.91. The highest BCUT2D eigenvalue weighted by Gasteiger charge is 2.42. The molecule has 1 amide bonds. The first-order chi connectivity index (χ1) is 12.2. The Kier molecular flexibility index (Phi) is 4.04. The maximum atomic E-state index is 12.7. The molecule has 1 aliphatic heterocycles. The van der Waals surface area contributed by atoms with Crippen LogP contribution in [0.4, 0.5) is 16.2 Å². The molecule has 0 spiro atoms. The second kappa shape index (κ2) is 6.49. The van der Waals surface area contributed by atoms with Crippen LogP contribution in [0, 0.1) is 0 Å². The van der Waals surface area contributed by atoms with Crippen LogP contribution in [-0.4, -0.2) is 6.09 Å². The van der Waals surface area contributed by atoms with Gasteiger partial charge in [-0.2, -0.15) is 5.06 Å². The highest BCUT2D eigenvalue weighted by atomic mass is 35.5. The number of halogens is 1. The lowest BCUT2D eigenvalue weighted by atomic mass is 10.1. The number of nitrogens with zero attached hydrogens (tertiary/aromatic N) is 2. The summed E-state index contributed by atoms with van der Waals surface area (Å²) in [4.78, 5) is 19.9. The van der Waals surface area contributed by atoms with E-state index >= 15 is 0 Å². The van der Waals surface area contributed by atoms with E-state index in [0.29, 0.717) is 5.02 Å². The van der Waals surface area contributed by atoms with Gasteiger partial charge in [0.15, 0.2) is 6.17 Å². The number of hydroxylamine groups is 1. The number of hydrogen-bond donors (Lipinski definition) is 0. The first kappa shape index (κ1) is 15.5. The minimum absolute atomic E-state index is 0.405. The molecule has 0 aromatic heterocycles. The summed E-state index contributed by atoms with van der Waals surface area (Å²) in [6.07, 6.45) is -0.836. The van der Waals surface area contributed by atoms with Crippen molar-refractivity contribution < 1.29 is 9.63 Å². The molecule has 5 heteroatoms. The Bertz CT molecular complexity index is 869. The fraction of sp³-hybridized carbons (Fsp3) is 0.0500. The molecular formula is C20H15ClN2O2. The van der Waals surface area contributed by atoms with E-state index in [1.54, 1.807) is 22.1 Å². The molecule has 3 aromatic rings. The molecule has 124 valence electrons. The molecule has 1 saturated heterocycles. The van der Waals surface area contributed by atoms with Gasteiger partial charge in [-0.15, -0.1) is 0 Å². The van der Waals surface area contributed by atoms with Crippen LogP contribution in [0.5, 0.6) is 0 Å². The number of carbonyl (C=O) groups excluding carboxylic acids is 1. The van der Waals surface area contributed by atoms with Crippen LogP contribution in [0.25, 0.3) is 0 Å². The SMILES string of the molecule is O=C1ON(c2ccccc2)[C@@H](c2ccccc2)N1c1ccc(Cl)cc1. The molecule has 1 atom stereocenters. The molecule has 0 N–H and O–H groups in total. The third-order valence-electron chi connectivity index (χ3n) is 4.05. The quantitative estimate of drug-likeness (QED) is 0.632. The zero-order valence-corrected chi connectivity index (χ0v) is 14.0. The summed E-state index contributed by atoms with van der Waals surface area (Å²) in [5.41, 5.74) is 2.48. The monoisotopic (exact) mass is 350 g/mol. The Hall–Kier alpha value is -2.98. The Morgan fingerprint density at radius 3 is 2.00 bits per heavy atom. The van der Waals surface area contributed by atoms with Gasteiger partial charge in [0.05, 0.1) is 5.69 Å². The molecular weight excluding hydrogens is 336 g/mol. The van der Waals surface area contributed by atoms with Crippen molar-refractivity contribution in [3.63, 3.8) is 0 Å². The van der Waals surface area contributed by atoms with E-state index in [4.69, 9.17) is 16.4 Å². The summed E-state index contributed by atoms with van der Waals surface area (Å²) in [6.45, 7) is 0. The summed E-state index contributed by atoms with van der Waals surface area (Å²) in [5.74, 6) is 0. The van der Waals surface area contributed by atoms with Crippen molar-refractivity contribution >= 4 is 29.1 Å². The number of carbonyl (C=O) groups is 1. The first-order valence-electron chi connectivity index (χ1n) is 7.90. The molecule has 1 aliphatic rings. The van der Waals surface area contributed by atoms with Crippen molar-refractivity contribution in [3.05, 3.63) is 95.5 Å². The lowest BCUT2D eigenvalue weighted by molar-refractivity contribution is 0.164. The van der Waals surface area contributed by atoms with Crippen LogP contribution >= 0.6 is 11.6 Å². The lowest BCUT2D eigenvalue weighted by Gasteiger charge is -2.27. The van der Waals surface area contributed by atoms with Gasteiger partial charge in [-0.05, 0) is 42.0 Å². The normalized spacial score (nSPS) is 16.8. The van der Waals surface area contributed by atoms with Crippen LogP contribution in [0.15, 0.2) is 84.9 Å². The molecule has 4 nitrogen and oxygen atoms in total. The van der Waals surface area contributed by atoms with Crippen molar-refractivity contribution in [1.82, 2.24) is 0 Å². The van der Waals surface area contributed by atoms with E-state index in [1.807, 2.05) is 72.8 Å². The first-order valence-corrected chi connectivity index (χ1v) is 8.28. The molecule has 4 rings (SSSR count). The maximum Gasteiger partial charge on any atom is 0.440 e. The molecule has 0 bridgehead atoms. The van der Waals surface area contributed by atoms with Gasteiger partial charge in [0.1, 0.15) is 0 Å². The van der Waals surface area contributed by atoms with E-state index in [2.05, 4.69) is 0 Å². The van der Waals surface area contributed by atoms with E-state index in [9.17, 15) is 4.79 Å². The Morgan fingerprint density at radius 1 is 0.760 bits per heavy atom. The van der Waals surface area contributed by atoms with E-state index in [-0.39, 0.29) is 0 Å². The summed E-state index contributed by atoms with van der Waals surface area (Å²) >= 11 is 5.99. The summed E-state index contributed by atoms with van der Waals surface area (Å²) in [7, 11) is 0. The van der Waals surface area contributed by atoms with Gasteiger partial charge < -0.3 is 4.84 Å². The van der Waals surface area contributed by atoms with Gasteiger partial charge in [-0.3, -0.25) is 0 Å². The minimum atomic E-state index is -0.431. The van der Waals surface area contributed by atoms with Crippen LogP contribution in [-0.2, 0) is 4.84 Å². The van der Waals surface area contributed by atoms with Gasteiger partial charge in [0, 0.05) is 10.7 Å². The van der Waals surface area contributed by atoms with Crippen LogP contribution in [0.2, 0.25) is 5.02 Å². The molecule has 25 heavy (non-hydrogen) atoms. The Labute approximate surface area is 150 Å². The summed E-state index contributed by atoms with van der Waals surface area (Å²) < 4.78 is 0. The highest BCUT2D eigenvalue weighted by molar-refractivity contribution is 6.30. The third-order valence-corrected chi connectivity index (χ3v) is 4.30. The molecule has 1 heterocycles. The number of hydrogen-bond acceptors (Lipinski definition) is 3. The number of amides is 1. The summed E-state index contributed by atoms with van der Waals surface area (Å²) in [6, 6.07) is 26.5. The van der Waals surface area contributed by atoms with Crippen molar-refractivity contribution in [1.29, 1.82) is 0 Å². The average Bonchev–Trinajstić information content (AvgIpc) is 3.01. The zero-order chi connectivity index (χ0) is 17.2. The van der Waals surface area contributed by atoms with Crippen LogP contribution in [0.1, 0.15) is 11.7 Å². The standard InChI is InChI=1S/C20H15ClN2O2/c21-16-11-13-17(14-12-16)22-19(15-7-3-1-4-8-15)23(25-20(22)24)18-9-5-2-6-10-18/h1-14,19H/t19-/m0/s1. The molecule has 0 aliphatic carbocycles. The predicted octanol–water partition coefficient (Wildman–Crippen LogP) is 5.42. The number of para-hydroxylation sites is 1. The van der Waals surface area contributed by atoms with Crippen molar-refractivity contribution in [2.75, 3.05) is 9.96 Å². The number of rotatable bonds is 3. The second-order valence-corrected chi connectivity index (χ2v) is 6.09. The minimum Gasteiger partial charge on any atom is -0.319 e. The van der Waals surface area contributed by atoms with E-state index < -0.39 is 12.3 Å². The number of benzene rings is 3. The van der Waals surface area contributed by atoms with Crippen molar-refractivity contribution in [3.8, 4) is 0 Å². The van der Waals surface area contributed by atoms with Gasteiger partial charge in [-0.1, -0.05) is 60.1 Å². The Balaban J connectivity index is 1.82. The third kappa shape index (κ3) is 2.92. The number of anilines is 2. The van der Waals surface area contributed by atoms with Gasteiger partial charge in [0.2, 0.25) is 0 Å². The van der Waals surface area contributed by atoms with Gasteiger partial charge in [0.25, 0.3) is 0 Å². The predicted molar refractivity (Wildman–Crippen MR) is 98.5 cm³/mol.